The minimum atomic E-state index is -0.657. The molecule has 11 heavy (non-hydrogen) atoms. The van der Waals surface area contributed by atoms with E-state index in [0.717, 1.165) is 4.90 Å². The molecular formula is C5H5N3O2S. The lowest BCUT2D eigenvalue weighted by Crippen LogP contribution is -2.31. The highest BCUT2D eigenvalue weighted by atomic mass is 32.1. The Morgan fingerprint density at radius 1 is 1.82 bits per heavy atom. The number of isothiocyanates is 1. The molecule has 0 radical (unpaired) electrons. The van der Waals surface area contributed by atoms with Crippen LogP contribution in [-0.2, 0) is 0 Å². The zero-order chi connectivity index (χ0) is 8.27. The number of amides is 4. The standard InChI is InChI=1S/C5H5N3O2S/c9-4-6-1-2-8(4)5(10)7-3-11/h1-2H2,(H,6,9). The number of carbonyl (C=O) groups is 2. The van der Waals surface area contributed by atoms with Gasteiger partial charge in [-0.2, -0.15) is 0 Å². The van der Waals surface area contributed by atoms with Crippen molar-refractivity contribution < 1.29 is 9.59 Å². The average Bonchev–Trinajstić information content (AvgIpc) is 2.36. The van der Waals surface area contributed by atoms with Crippen LogP contribution >= 0.6 is 12.2 Å². The summed E-state index contributed by atoms with van der Waals surface area (Å²) in [7, 11) is 0. The first kappa shape index (κ1) is 7.84. The summed E-state index contributed by atoms with van der Waals surface area (Å²) in [6, 6.07) is -1.08. The van der Waals surface area contributed by atoms with Gasteiger partial charge >= 0.3 is 12.1 Å². The third kappa shape index (κ3) is 1.60. The third-order valence-electron chi connectivity index (χ3n) is 1.23. The lowest BCUT2D eigenvalue weighted by atomic mass is 10.6. The van der Waals surface area contributed by atoms with E-state index < -0.39 is 12.1 Å². The smallest absolute Gasteiger partial charge is 0.336 e. The molecular weight excluding hydrogens is 166 g/mol. The molecule has 0 bridgehead atoms. The molecule has 1 saturated heterocycles. The van der Waals surface area contributed by atoms with Crippen LogP contribution in [0, 0.1) is 0 Å². The Hall–Kier alpha value is -1.26. The Balaban J connectivity index is 2.67. The minimum absolute atomic E-state index is 0.345. The number of imide groups is 1. The number of carbonyl (C=O) groups excluding carboxylic acids is 2. The highest BCUT2D eigenvalue weighted by molar-refractivity contribution is 7.78. The summed E-state index contributed by atoms with van der Waals surface area (Å²) >= 11 is 4.21. The van der Waals surface area contributed by atoms with Gasteiger partial charge in [0.1, 0.15) is 0 Å². The van der Waals surface area contributed by atoms with Gasteiger partial charge in [-0.1, -0.05) is 0 Å². The maximum absolute atomic E-state index is 10.8. The van der Waals surface area contributed by atoms with E-state index in [0.29, 0.717) is 13.1 Å². The van der Waals surface area contributed by atoms with E-state index in [9.17, 15) is 9.59 Å². The van der Waals surface area contributed by atoms with Gasteiger partial charge in [-0.3, -0.25) is 0 Å². The van der Waals surface area contributed by atoms with E-state index >= 15 is 0 Å². The van der Waals surface area contributed by atoms with Crippen LogP contribution in [0.3, 0.4) is 0 Å². The highest BCUT2D eigenvalue weighted by Crippen LogP contribution is 1.98. The number of nitrogens with zero attached hydrogens (tertiary/aromatic N) is 2. The molecule has 1 heterocycles. The van der Waals surface area contributed by atoms with Crippen LogP contribution in [0.2, 0.25) is 0 Å². The first-order valence-electron chi connectivity index (χ1n) is 2.93. The average molecular weight is 171 g/mol. The Morgan fingerprint density at radius 2 is 2.55 bits per heavy atom. The van der Waals surface area contributed by atoms with E-state index in [1.54, 1.807) is 0 Å². The zero-order valence-corrected chi connectivity index (χ0v) is 6.35. The van der Waals surface area contributed by atoms with Crippen molar-refractivity contribution in [3.8, 4) is 0 Å². The van der Waals surface area contributed by atoms with Crippen LogP contribution in [0.25, 0.3) is 0 Å². The molecule has 1 rings (SSSR count). The molecule has 58 valence electrons. The molecule has 0 atom stereocenters. The Morgan fingerprint density at radius 3 is 3.00 bits per heavy atom. The second kappa shape index (κ2) is 3.23. The molecule has 0 unspecified atom stereocenters. The maximum Gasteiger partial charge on any atom is 0.360 e. The first-order chi connectivity index (χ1) is 5.25. The predicted octanol–water partition coefficient (Wildman–Crippen LogP) is 0.234. The molecule has 6 heteroatoms. The summed E-state index contributed by atoms with van der Waals surface area (Å²) in [4.78, 5) is 25.7. The van der Waals surface area contributed by atoms with E-state index in [1.807, 2.05) is 5.16 Å². The molecule has 0 aromatic heterocycles. The number of hydrogen-bond acceptors (Lipinski definition) is 3. The Labute approximate surface area is 68.1 Å². The molecule has 1 aliphatic rings. The number of nitrogens with one attached hydrogen (secondary N) is 1. The fraction of sp³-hybridized carbons (Fsp3) is 0.400. The van der Waals surface area contributed by atoms with E-state index in [4.69, 9.17) is 0 Å². The number of hydrogen-bond donors (Lipinski definition) is 1. The summed E-state index contributed by atoms with van der Waals surface area (Å²) in [5.74, 6) is 0. The normalized spacial score (nSPS) is 15.6. The van der Waals surface area contributed by atoms with Gasteiger partial charge < -0.3 is 5.32 Å². The second-order valence-electron chi connectivity index (χ2n) is 1.87. The third-order valence-corrected chi connectivity index (χ3v) is 1.32. The topological polar surface area (TPSA) is 61.8 Å². The molecule has 0 aromatic carbocycles. The van der Waals surface area contributed by atoms with Crippen molar-refractivity contribution in [2.75, 3.05) is 13.1 Å². The van der Waals surface area contributed by atoms with Gasteiger partial charge in [-0.25, -0.2) is 14.5 Å². The Bertz CT molecular complexity index is 246. The highest BCUT2D eigenvalue weighted by Gasteiger charge is 2.25. The monoisotopic (exact) mass is 171 g/mol. The van der Waals surface area contributed by atoms with Crippen LogP contribution in [0.4, 0.5) is 9.59 Å². The van der Waals surface area contributed by atoms with E-state index in [2.05, 4.69) is 22.5 Å². The van der Waals surface area contributed by atoms with Crippen molar-refractivity contribution in [3.63, 3.8) is 0 Å². The van der Waals surface area contributed by atoms with E-state index in [-0.39, 0.29) is 0 Å². The van der Waals surface area contributed by atoms with Crippen molar-refractivity contribution in [1.82, 2.24) is 10.2 Å². The molecule has 0 saturated carbocycles. The lowest BCUT2D eigenvalue weighted by Gasteiger charge is -2.05. The summed E-state index contributed by atoms with van der Waals surface area (Å²) < 4.78 is 0. The second-order valence-corrected chi connectivity index (χ2v) is 2.05. The van der Waals surface area contributed by atoms with Crippen molar-refractivity contribution >= 4 is 29.4 Å². The van der Waals surface area contributed by atoms with Crippen LogP contribution < -0.4 is 5.32 Å². The van der Waals surface area contributed by atoms with Gasteiger partial charge in [0, 0.05) is 13.1 Å². The maximum atomic E-state index is 10.8. The van der Waals surface area contributed by atoms with Gasteiger partial charge in [-0.05, 0) is 12.2 Å². The SMILES string of the molecule is O=C(N=C=S)N1CCNC1=O. The molecule has 4 amide bonds. The molecule has 1 fully saturated rings. The number of urea groups is 2. The van der Waals surface area contributed by atoms with Crippen LogP contribution in [0.15, 0.2) is 4.99 Å². The fourth-order valence-corrected chi connectivity index (χ4v) is 0.832. The van der Waals surface area contributed by atoms with Gasteiger partial charge in [0.05, 0.1) is 5.16 Å². The summed E-state index contributed by atoms with van der Waals surface area (Å²) in [5.41, 5.74) is 0. The molecule has 1 N–H and O–H groups in total. The number of thiocarbonyl (C=S) groups is 1. The molecule has 0 aliphatic carbocycles. The molecule has 0 spiro atoms. The number of rotatable bonds is 0. The lowest BCUT2D eigenvalue weighted by molar-refractivity contribution is 0.205. The van der Waals surface area contributed by atoms with Gasteiger partial charge in [-0.15, -0.1) is 4.99 Å². The molecule has 5 nitrogen and oxygen atoms in total. The minimum Gasteiger partial charge on any atom is -0.336 e. The van der Waals surface area contributed by atoms with Gasteiger partial charge in [0.15, 0.2) is 0 Å². The quantitative estimate of drug-likeness (QED) is 0.419. The van der Waals surface area contributed by atoms with Gasteiger partial charge in [0.2, 0.25) is 0 Å². The number of aliphatic imine (C=N–C) groups is 1. The molecule has 0 aromatic rings. The van der Waals surface area contributed by atoms with Crippen molar-refractivity contribution in [1.29, 1.82) is 0 Å². The fourth-order valence-electron chi connectivity index (χ4n) is 0.754. The Kier molecular flexibility index (Phi) is 2.30. The zero-order valence-electron chi connectivity index (χ0n) is 5.53. The largest absolute Gasteiger partial charge is 0.360 e. The van der Waals surface area contributed by atoms with Crippen LogP contribution in [0.1, 0.15) is 0 Å². The first-order valence-corrected chi connectivity index (χ1v) is 3.33. The predicted molar refractivity (Wildman–Crippen MR) is 40.5 cm³/mol. The summed E-state index contributed by atoms with van der Waals surface area (Å²) in [5, 5.41) is 4.36. The van der Waals surface area contributed by atoms with Crippen LogP contribution in [-0.4, -0.2) is 35.2 Å². The van der Waals surface area contributed by atoms with E-state index in [1.165, 1.54) is 0 Å². The van der Waals surface area contributed by atoms with Crippen molar-refractivity contribution in [2.45, 2.75) is 0 Å². The molecule has 1 aliphatic heterocycles. The summed E-state index contributed by atoms with van der Waals surface area (Å²) in [6.07, 6.45) is 0. The summed E-state index contributed by atoms with van der Waals surface area (Å²) in [6.45, 7) is 0.815. The van der Waals surface area contributed by atoms with Crippen molar-refractivity contribution in [2.24, 2.45) is 4.99 Å². The van der Waals surface area contributed by atoms with Crippen molar-refractivity contribution in [3.05, 3.63) is 0 Å². The van der Waals surface area contributed by atoms with Gasteiger partial charge in [0.25, 0.3) is 0 Å². The van der Waals surface area contributed by atoms with Crippen LogP contribution in [0.5, 0.6) is 0 Å².